The number of rotatable bonds is 4. The van der Waals surface area contributed by atoms with E-state index in [1.165, 1.54) is 12.1 Å². The molecule has 104 valence electrons. The first-order valence-electron chi connectivity index (χ1n) is 6.37. The number of carbonyl (C=O) groups excluding carboxylic acids is 1. The average Bonchev–Trinajstić information content (AvgIpc) is 2.41. The summed E-state index contributed by atoms with van der Waals surface area (Å²) in [6.45, 7) is 4.26. The van der Waals surface area contributed by atoms with Gasteiger partial charge in [-0.2, -0.15) is 0 Å². The molecule has 1 amide bonds. The Labute approximate surface area is 117 Å². The molecule has 4 heteroatoms. The Kier molecular flexibility index (Phi) is 4.03. The molecule has 0 atom stereocenters. The van der Waals surface area contributed by atoms with E-state index in [0.717, 1.165) is 22.4 Å². The fourth-order valence-electron chi connectivity index (χ4n) is 2.12. The van der Waals surface area contributed by atoms with Gasteiger partial charge in [0, 0.05) is 17.8 Å². The third-order valence-corrected chi connectivity index (χ3v) is 3.38. The molecule has 0 aliphatic carbocycles. The Morgan fingerprint density at radius 2 is 2.00 bits per heavy atom. The topological polar surface area (TPSA) is 55.1 Å². The molecule has 0 fully saturated rings. The lowest BCUT2D eigenvalue weighted by atomic mass is 10.1. The summed E-state index contributed by atoms with van der Waals surface area (Å²) in [5.41, 5.74) is 9.33. The lowest BCUT2D eigenvalue weighted by molar-refractivity contribution is 0.1000. The third-order valence-electron chi connectivity index (χ3n) is 3.38. The fourth-order valence-corrected chi connectivity index (χ4v) is 2.12. The highest BCUT2D eigenvalue weighted by atomic mass is 19.1. The van der Waals surface area contributed by atoms with E-state index in [-0.39, 0.29) is 5.82 Å². The summed E-state index contributed by atoms with van der Waals surface area (Å²) < 4.78 is 13.2. The second-order valence-corrected chi connectivity index (χ2v) is 4.77. The standard InChI is InChI=1S/C16H17FN2O/c1-10-6-7-13(17)8-12(10)9-19-15-5-3-4-14(11(15)2)16(18)20/h3-8,19H,9H2,1-2H3,(H2,18,20). The minimum atomic E-state index is -0.451. The van der Waals surface area contributed by atoms with Crippen molar-refractivity contribution in [3.05, 3.63) is 64.5 Å². The van der Waals surface area contributed by atoms with Crippen LogP contribution in [0.4, 0.5) is 10.1 Å². The highest BCUT2D eigenvalue weighted by Crippen LogP contribution is 2.20. The Balaban J connectivity index is 2.21. The molecule has 0 bridgehead atoms. The molecule has 3 N–H and O–H groups in total. The van der Waals surface area contributed by atoms with Crippen LogP contribution in [0.15, 0.2) is 36.4 Å². The highest BCUT2D eigenvalue weighted by Gasteiger charge is 2.08. The minimum Gasteiger partial charge on any atom is -0.381 e. The Morgan fingerprint density at radius 3 is 2.70 bits per heavy atom. The molecule has 0 saturated heterocycles. The molecule has 0 aliphatic heterocycles. The van der Waals surface area contributed by atoms with Gasteiger partial charge in [0.05, 0.1) is 0 Å². The van der Waals surface area contributed by atoms with Crippen molar-refractivity contribution in [1.29, 1.82) is 0 Å². The molecule has 2 aromatic carbocycles. The van der Waals surface area contributed by atoms with Gasteiger partial charge in [-0.1, -0.05) is 12.1 Å². The number of hydrogen-bond donors (Lipinski definition) is 2. The van der Waals surface area contributed by atoms with Crippen LogP contribution in [-0.2, 0) is 6.54 Å². The lowest BCUT2D eigenvalue weighted by Gasteiger charge is -2.13. The van der Waals surface area contributed by atoms with Gasteiger partial charge in [0.15, 0.2) is 0 Å². The SMILES string of the molecule is Cc1ccc(F)cc1CNc1cccc(C(N)=O)c1C. The molecule has 0 unspecified atom stereocenters. The van der Waals surface area contributed by atoms with Gasteiger partial charge in [0.2, 0.25) is 5.91 Å². The summed E-state index contributed by atoms with van der Waals surface area (Å²) in [6.07, 6.45) is 0. The van der Waals surface area contributed by atoms with Crippen molar-refractivity contribution in [3.8, 4) is 0 Å². The average molecular weight is 272 g/mol. The van der Waals surface area contributed by atoms with Crippen LogP contribution in [0.1, 0.15) is 27.0 Å². The zero-order valence-electron chi connectivity index (χ0n) is 11.5. The second-order valence-electron chi connectivity index (χ2n) is 4.77. The van der Waals surface area contributed by atoms with E-state index in [9.17, 15) is 9.18 Å². The number of benzene rings is 2. The van der Waals surface area contributed by atoms with Gasteiger partial charge in [-0.05, 0) is 54.8 Å². The number of amides is 1. The first-order chi connectivity index (χ1) is 9.49. The van der Waals surface area contributed by atoms with Crippen LogP contribution in [0.5, 0.6) is 0 Å². The second kappa shape index (κ2) is 5.74. The largest absolute Gasteiger partial charge is 0.381 e. The smallest absolute Gasteiger partial charge is 0.249 e. The van der Waals surface area contributed by atoms with Gasteiger partial charge < -0.3 is 11.1 Å². The van der Waals surface area contributed by atoms with Crippen LogP contribution in [0.3, 0.4) is 0 Å². The lowest BCUT2D eigenvalue weighted by Crippen LogP contribution is -2.14. The number of carbonyl (C=O) groups is 1. The summed E-state index contributed by atoms with van der Waals surface area (Å²) in [5, 5.41) is 3.22. The zero-order chi connectivity index (χ0) is 14.7. The Hall–Kier alpha value is -2.36. The number of halogens is 1. The molecule has 20 heavy (non-hydrogen) atoms. The monoisotopic (exact) mass is 272 g/mol. The normalized spacial score (nSPS) is 10.3. The van der Waals surface area contributed by atoms with Crippen molar-refractivity contribution in [3.63, 3.8) is 0 Å². The van der Waals surface area contributed by atoms with E-state index in [2.05, 4.69) is 5.32 Å². The van der Waals surface area contributed by atoms with Gasteiger partial charge in [0.1, 0.15) is 5.82 Å². The maximum absolute atomic E-state index is 13.2. The van der Waals surface area contributed by atoms with Crippen LogP contribution in [0.2, 0.25) is 0 Å². The van der Waals surface area contributed by atoms with E-state index in [0.29, 0.717) is 12.1 Å². The molecule has 0 aromatic heterocycles. The molecule has 2 rings (SSSR count). The van der Waals surface area contributed by atoms with Crippen LogP contribution in [0, 0.1) is 19.7 Å². The van der Waals surface area contributed by atoms with Crippen molar-refractivity contribution < 1.29 is 9.18 Å². The number of nitrogens with one attached hydrogen (secondary N) is 1. The van der Waals surface area contributed by atoms with Gasteiger partial charge in [-0.3, -0.25) is 4.79 Å². The number of hydrogen-bond acceptors (Lipinski definition) is 2. The Morgan fingerprint density at radius 1 is 1.25 bits per heavy atom. The van der Waals surface area contributed by atoms with E-state index in [1.807, 2.05) is 19.9 Å². The van der Waals surface area contributed by atoms with Crippen LogP contribution < -0.4 is 11.1 Å². The summed E-state index contributed by atoms with van der Waals surface area (Å²) in [5.74, 6) is -0.705. The van der Waals surface area contributed by atoms with E-state index < -0.39 is 5.91 Å². The first-order valence-corrected chi connectivity index (χ1v) is 6.37. The van der Waals surface area contributed by atoms with E-state index >= 15 is 0 Å². The number of anilines is 1. The summed E-state index contributed by atoms with van der Waals surface area (Å²) in [4.78, 5) is 11.3. The maximum atomic E-state index is 13.2. The summed E-state index contributed by atoms with van der Waals surface area (Å²) >= 11 is 0. The van der Waals surface area contributed by atoms with Crippen molar-refractivity contribution in [2.75, 3.05) is 5.32 Å². The highest BCUT2D eigenvalue weighted by molar-refractivity contribution is 5.95. The molecule has 3 nitrogen and oxygen atoms in total. The van der Waals surface area contributed by atoms with Gasteiger partial charge in [-0.25, -0.2) is 4.39 Å². The van der Waals surface area contributed by atoms with Crippen LogP contribution >= 0.6 is 0 Å². The van der Waals surface area contributed by atoms with Crippen molar-refractivity contribution in [2.45, 2.75) is 20.4 Å². The first kappa shape index (κ1) is 14.1. The van der Waals surface area contributed by atoms with Crippen molar-refractivity contribution in [1.82, 2.24) is 0 Å². The molecular weight excluding hydrogens is 255 g/mol. The molecule has 0 radical (unpaired) electrons. The predicted octanol–water partition coefficient (Wildman–Crippen LogP) is 3.15. The van der Waals surface area contributed by atoms with E-state index in [1.54, 1.807) is 18.2 Å². The summed E-state index contributed by atoms with van der Waals surface area (Å²) in [6, 6.07) is 10.0. The van der Waals surface area contributed by atoms with Gasteiger partial charge in [-0.15, -0.1) is 0 Å². The molecular formula is C16H17FN2O. The predicted molar refractivity (Wildman–Crippen MR) is 78.2 cm³/mol. The molecule has 0 aliphatic rings. The van der Waals surface area contributed by atoms with Gasteiger partial charge in [0.25, 0.3) is 0 Å². The van der Waals surface area contributed by atoms with Gasteiger partial charge >= 0.3 is 0 Å². The molecule has 0 heterocycles. The maximum Gasteiger partial charge on any atom is 0.249 e. The third kappa shape index (κ3) is 2.96. The molecule has 0 spiro atoms. The molecule has 2 aromatic rings. The number of nitrogens with two attached hydrogens (primary N) is 1. The number of aryl methyl sites for hydroxylation is 1. The summed E-state index contributed by atoms with van der Waals surface area (Å²) in [7, 11) is 0. The quantitative estimate of drug-likeness (QED) is 0.898. The van der Waals surface area contributed by atoms with Crippen LogP contribution in [0.25, 0.3) is 0 Å². The van der Waals surface area contributed by atoms with Crippen LogP contribution in [-0.4, -0.2) is 5.91 Å². The fraction of sp³-hybridized carbons (Fsp3) is 0.188. The van der Waals surface area contributed by atoms with Crippen molar-refractivity contribution in [2.24, 2.45) is 5.73 Å². The van der Waals surface area contributed by atoms with E-state index in [4.69, 9.17) is 5.73 Å². The number of primary amides is 1. The molecule has 0 saturated carbocycles. The zero-order valence-corrected chi connectivity index (χ0v) is 11.5. The minimum absolute atomic E-state index is 0.255. The Bertz CT molecular complexity index is 653. The van der Waals surface area contributed by atoms with Crippen molar-refractivity contribution >= 4 is 11.6 Å².